The first-order valence-corrected chi connectivity index (χ1v) is 6.87. The van der Waals surface area contributed by atoms with Crippen LogP contribution < -0.4 is 5.73 Å². The van der Waals surface area contributed by atoms with Crippen molar-refractivity contribution in [3.05, 3.63) is 49.6 Å². The van der Waals surface area contributed by atoms with Crippen molar-refractivity contribution < 1.29 is 4.79 Å². The quantitative estimate of drug-likeness (QED) is 0.678. The van der Waals surface area contributed by atoms with E-state index in [-0.39, 0.29) is 5.78 Å². The van der Waals surface area contributed by atoms with Crippen LogP contribution in [0.3, 0.4) is 0 Å². The predicted molar refractivity (Wildman–Crippen MR) is 75.9 cm³/mol. The fourth-order valence-corrected chi connectivity index (χ4v) is 3.15. The van der Waals surface area contributed by atoms with Crippen LogP contribution in [-0.2, 0) is 6.42 Å². The smallest absolute Gasteiger partial charge is 0.170 e. The molecule has 0 amide bonds. The van der Waals surface area contributed by atoms with Gasteiger partial charge in [0.25, 0.3) is 0 Å². The summed E-state index contributed by atoms with van der Waals surface area (Å²) in [6, 6.07) is 8.80. The Morgan fingerprint density at radius 1 is 1.35 bits per heavy atom. The zero-order chi connectivity index (χ0) is 12.4. The molecule has 0 saturated heterocycles. The van der Waals surface area contributed by atoms with E-state index in [1.807, 2.05) is 12.1 Å². The SMILES string of the molecule is Nc1cc(Cl)ccc1C(=O)Cc1ccc(Br)s1. The maximum absolute atomic E-state index is 12.0. The first-order valence-electron chi connectivity index (χ1n) is 4.88. The molecule has 0 radical (unpaired) electrons. The van der Waals surface area contributed by atoms with Crippen LogP contribution in [0.1, 0.15) is 15.2 Å². The topological polar surface area (TPSA) is 43.1 Å². The number of nitrogen functional groups attached to an aromatic ring is 1. The van der Waals surface area contributed by atoms with Crippen molar-refractivity contribution in [3.8, 4) is 0 Å². The van der Waals surface area contributed by atoms with Crippen LogP contribution in [-0.4, -0.2) is 5.78 Å². The third kappa shape index (κ3) is 3.09. The number of carbonyl (C=O) groups excluding carboxylic acids is 1. The molecule has 0 spiro atoms. The molecule has 0 saturated carbocycles. The molecule has 5 heteroatoms. The summed E-state index contributed by atoms with van der Waals surface area (Å²) in [4.78, 5) is 13.0. The number of ketones is 1. The summed E-state index contributed by atoms with van der Waals surface area (Å²) in [5, 5.41) is 0.540. The van der Waals surface area contributed by atoms with Gasteiger partial charge in [-0.15, -0.1) is 11.3 Å². The van der Waals surface area contributed by atoms with E-state index in [4.69, 9.17) is 17.3 Å². The second-order valence-electron chi connectivity index (χ2n) is 3.54. The van der Waals surface area contributed by atoms with Crippen LogP contribution in [0.15, 0.2) is 34.1 Å². The fraction of sp³-hybridized carbons (Fsp3) is 0.0833. The summed E-state index contributed by atoms with van der Waals surface area (Å²) < 4.78 is 1.02. The number of halogens is 2. The molecule has 88 valence electrons. The Bertz CT molecular complexity index is 567. The van der Waals surface area contributed by atoms with Crippen LogP contribution in [0.2, 0.25) is 5.02 Å². The molecule has 0 aliphatic rings. The number of benzene rings is 1. The average molecular weight is 331 g/mol. The van der Waals surface area contributed by atoms with Crippen LogP contribution in [0, 0.1) is 0 Å². The maximum atomic E-state index is 12.0. The molecular formula is C12H9BrClNOS. The first-order chi connectivity index (χ1) is 8.06. The van der Waals surface area contributed by atoms with Crippen LogP contribution in [0.5, 0.6) is 0 Å². The summed E-state index contributed by atoms with van der Waals surface area (Å²) in [6.07, 6.45) is 0.363. The van der Waals surface area contributed by atoms with Gasteiger partial charge in [-0.2, -0.15) is 0 Å². The minimum atomic E-state index is 0.00789. The highest BCUT2D eigenvalue weighted by molar-refractivity contribution is 9.11. The highest BCUT2D eigenvalue weighted by Crippen LogP contribution is 2.25. The standard InChI is InChI=1S/C12H9BrClNOS/c13-12-4-2-8(17-12)6-11(16)9-3-1-7(14)5-10(9)15/h1-5H,6,15H2. The molecule has 0 aliphatic carbocycles. The van der Waals surface area contributed by atoms with Crippen molar-refractivity contribution in [2.45, 2.75) is 6.42 Å². The maximum Gasteiger partial charge on any atom is 0.170 e. The van der Waals surface area contributed by atoms with Gasteiger partial charge in [-0.1, -0.05) is 11.6 Å². The molecule has 0 unspecified atom stereocenters. The molecule has 2 aromatic rings. The Balaban J connectivity index is 2.20. The van der Waals surface area contributed by atoms with E-state index in [2.05, 4.69) is 15.9 Å². The Hall–Kier alpha value is -0.840. The molecule has 2 rings (SSSR count). The van der Waals surface area contributed by atoms with Gasteiger partial charge >= 0.3 is 0 Å². The lowest BCUT2D eigenvalue weighted by Crippen LogP contribution is -2.05. The monoisotopic (exact) mass is 329 g/mol. The normalized spacial score (nSPS) is 10.5. The Labute approximate surface area is 117 Å². The van der Waals surface area contributed by atoms with E-state index in [1.54, 1.807) is 29.5 Å². The molecular weight excluding hydrogens is 322 g/mol. The van der Waals surface area contributed by atoms with Gasteiger partial charge in [0.2, 0.25) is 0 Å². The van der Waals surface area contributed by atoms with Crippen molar-refractivity contribution in [3.63, 3.8) is 0 Å². The van der Waals surface area contributed by atoms with Crippen LogP contribution in [0.25, 0.3) is 0 Å². The van der Waals surface area contributed by atoms with Gasteiger partial charge in [0.1, 0.15) is 0 Å². The van der Waals surface area contributed by atoms with Crippen molar-refractivity contribution in [1.82, 2.24) is 0 Å². The lowest BCUT2D eigenvalue weighted by molar-refractivity contribution is 0.0994. The molecule has 0 aliphatic heterocycles. The minimum absolute atomic E-state index is 0.00789. The highest BCUT2D eigenvalue weighted by atomic mass is 79.9. The molecule has 0 bridgehead atoms. The van der Waals surface area contributed by atoms with Crippen molar-refractivity contribution in [1.29, 1.82) is 0 Å². The Kier molecular flexibility index (Phi) is 3.86. The van der Waals surface area contributed by atoms with Gasteiger partial charge in [0, 0.05) is 27.6 Å². The van der Waals surface area contributed by atoms with Crippen LogP contribution >= 0.6 is 38.9 Å². The molecule has 2 nitrogen and oxygen atoms in total. The fourth-order valence-electron chi connectivity index (χ4n) is 1.49. The van der Waals surface area contributed by atoms with E-state index in [0.717, 1.165) is 8.66 Å². The summed E-state index contributed by atoms with van der Waals surface area (Å²) in [7, 11) is 0. The molecule has 1 aromatic heterocycles. The Morgan fingerprint density at radius 2 is 2.12 bits per heavy atom. The third-order valence-corrected chi connectivity index (χ3v) is 4.14. The zero-order valence-corrected chi connectivity index (χ0v) is 11.9. The molecule has 1 heterocycles. The van der Waals surface area contributed by atoms with Gasteiger partial charge in [0.05, 0.1) is 3.79 Å². The number of Topliss-reactive ketones (excluding diaryl/α,β-unsaturated/α-hetero) is 1. The number of hydrogen-bond donors (Lipinski definition) is 1. The van der Waals surface area contributed by atoms with Crippen molar-refractivity contribution in [2.75, 3.05) is 5.73 Å². The van der Waals surface area contributed by atoms with Crippen molar-refractivity contribution in [2.24, 2.45) is 0 Å². The largest absolute Gasteiger partial charge is 0.398 e. The lowest BCUT2D eigenvalue weighted by atomic mass is 10.1. The van der Waals surface area contributed by atoms with Gasteiger partial charge in [0.15, 0.2) is 5.78 Å². The third-order valence-electron chi connectivity index (χ3n) is 2.28. The van der Waals surface area contributed by atoms with E-state index >= 15 is 0 Å². The van der Waals surface area contributed by atoms with Crippen LogP contribution in [0.4, 0.5) is 5.69 Å². The van der Waals surface area contributed by atoms with E-state index < -0.39 is 0 Å². The van der Waals surface area contributed by atoms with Gasteiger partial charge in [-0.3, -0.25) is 4.79 Å². The zero-order valence-electron chi connectivity index (χ0n) is 8.74. The average Bonchev–Trinajstić information content (AvgIpc) is 2.63. The van der Waals surface area contributed by atoms with Gasteiger partial charge in [-0.05, 0) is 46.3 Å². The second-order valence-corrected chi connectivity index (χ2v) is 6.52. The highest BCUT2D eigenvalue weighted by Gasteiger charge is 2.12. The summed E-state index contributed by atoms with van der Waals surface area (Å²) in [5.41, 5.74) is 6.73. The minimum Gasteiger partial charge on any atom is -0.398 e. The molecule has 2 N–H and O–H groups in total. The molecule has 0 fully saturated rings. The summed E-state index contributed by atoms with van der Waals surface area (Å²) in [6.45, 7) is 0. The molecule has 0 atom stereocenters. The molecule has 17 heavy (non-hydrogen) atoms. The van der Waals surface area contributed by atoms with E-state index in [1.165, 1.54) is 0 Å². The van der Waals surface area contributed by atoms with Gasteiger partial charge in [-0.25, -0.2) is 0 Å². The molecule has 1 aromatic carbocycles. The number of hydrogen-bond acceptors (Lipinski definition) is 3. The first kappa shape index (κ1) is 12.6. The second kappa shape index (κ2) is 5.21. The number of thiophene rings is 1. The van der Waals surface area contributed by atoms with Crippen molar-refractivity contribution >= 4 is 50.3 Å². The summed E-state index contributed by atoms with van der Waals surface area (Å²) in [5.74, 6) is 0.00789. The summed E-state index contributed by atoms with van der Waals surface area (Å²) >= 11 is 10.7. The number of carbonyl (C=O) groups is 1. The predicted octanol–water partition coefficient (Wildman–Crippen LogP) is 4.17. The number of anilines is 1. The van der Waals surface area contributed by atoms with E-state index in [0.29, 0.717) is 22.7 Å². The Morgan fingerprint density at radius 3 is 2.71 bits per heavy atom. The lowest BCUT2D eigenvalue weighted by Gasteiger charge is -2.04. The number of rotatable bonds is 3. The number of nitrogens with two attached hydrogens (primary N) is 1. The van der Waals surface area contributed by atoms with Gasteiger partial charge < -0.3 is 5.73 Å². The van der Waals surface area contributed by atoms with E-state index in [9.17, 15) is 4.79 Å².